The number of ether oxygens (including phenoxy) is 3. The van der Waals surface area contributed by atoms with Crippen LogP contribution in [0.4, 0.5) is 0 Å². The van der Waals surface area contributed by atoms with E-state index in [4.69, 9.17) is 19.5 Å². The molecule has 0 aromatic heterocycles. The van der Waals surface area contributed by atoms with Crippen LogP contribution in [0.3, 0.4) is 0 Å². The Hall–Kier alpha value is -1.48. The van der Waals surface area contributed by atoms with Crippen molar-refractivity contribution in [3.05, 3.63) is 11.6 Å². The van der Waals surface area contributed by atoms with Crippen molar-refractivity contribution >= 4 is 0 Å². The Morgan fingerprint density at radius 3 is 2.67 bits per heavy atom. The second-order valence-corrected chi connectivity index (χ2v) is 5.40. The average molecular weight is 293 g/mol. The molecule has 0 aliphatic carbocycles. The quantitative estimate of drug-likeness (QED) is 0.411. The zero-order valence-corrected chi connectivity index (χ0v) is 12.1. The molecule has 2 fully saturated rings. The fourth-order valence-corrected chi connectivity index (χ4v) is 2.61. The zero-order valence-electron chi connectivity index (χ0n) is 12.1. The molecular formula is C14H19N3O4. The van der Waals surface area contributed by atoms with Crippen LogP contribution in [-0.2, 0) is 14.2 Å². The highest BCUT2D eigenvalue weighted by Crippen LogP contribution is 2.40. The lowest BCUT2D eigenvalue weighted by Gasteiger charge is -2.23. The highest BCUT2D eigenvalue weighted by molar-refractivity contribution is 5.30. The molecule has 0 spiro atoms. The number of rotatable bonds is 5. The van der Waals surface area contributed by atoms with E-state index in [1.54, 1.807) is 19.9 Å². The maximum absolute atomic E-state index is 9.39. The Morgan fingerprint density at radius 1 is 1.33 bits per heavy atom. The molecular weight excluding hydrogens is 274 g/mol. The first-order chi connectivity index (χ1) is 10.0. The van der Waals surface area contributed by atoms with Crippen molar-refractivity contribution in [3.8, 4) is 12.1 Å². The summed E-state index contributed by atoms with van der Waals surface area (Å²) in [5.74, 6) is -0.760. The highest BCUT2D eigenvalue weighted by atomic mass is 16.8. The largest absolute Gasteiger partial charge is 0.394 e. The van der Waals surface area contributed by atoms with E-state index in [9.17, 15) is 10.4 Å². The maximum atomic E-state index is 9.39. The Kier molecular flexibility index (Phi) is 4.94. The minimum absolute atomic E-state index is 0.192. The van der Waals surface area contributed by atoms with Crippen LogP contribution in [0.1, 0.15) is 13.8 Å². The molecule has 0 saturated carbocycles. The van der Waals surface area contributed by atoms with Crippen LogP contribution in [0, 0.1) is 22.7 Å². The van der Waals surface area contributed by atoms with Gasteiger partial charge in [0.15, 0.2) is 5.79 Å². The standard InChI is InChI=1S/C14H19N3O4/c1-14(2)20-12-10(8-18)19-11(13(12)21-14)9(7-16)3-5-17-6-4-15/h3,10-13,17-18H,5-6,8H2,1-2H3/t10-,11?,12-,13+/m1/s1. The lowest BCUT2D eigenvalue weighted by Crippen LogP contribution is -2.32. The van der Waals surface area contributed by atoms with Gasteiger partial charge in [-0.25, -0.2) is 0 Å². The first-order valence-electron chi connectivity index (χ1n) is 6.82. The van der Waals surface area contributed by atoms with Crippen molar-refractivity contribution in [2.24, 2.45) is 0 Å². The van der Waals surface area contributed by atoms with Gasteiger partial charge < -0.3 is 24.6 Å². The molecule has 2 saturated heterocycles. The van der Waals surface area contributed by atoms with Gasteiger partial charge in [0.2, 0.25) is 0 Å². The van der Waals surface area contributed by atoms with Crippen LogP contribution in [0.2, 0.25) is 0 Å². The monoisotopic (exact) mass is 293 g/mol. The van der Waals surface area contributed by atoms with Crippen LogP contribution in [-0.4, -0.2) is 55.0 Å². The van der Waals surface area contributed by atoms with E-state index in [1.807, 2.05) is 6.07 Å². The van der Waals surface area contributed by atoms with E-state index in [2.05, 4.69) is 11.4 Å². The van der Waals surface area contributed by atoms with Gasteiger partial charge in [0.05, 0.1) is 30.9 Å². The van der Waals surface area contributed by atoms with Crippen LogP contribution in [0.15, 0.2) is 11.6 Å². The molecule has 0 bridgehead atoms. The van der Waals surface area contributed by atoms with E-state index in [0.717, 1.165) is 0 Å². The zero-order chi connectivity index (χ0) is 15.5. The fraction of sp³-hybridized carbons (Fsp3) is 0.714. The Labute approximate surface area is 123 Å². The van der Waals surface area contributed by atoms with Crippen molar-refractivity contribution in [2.75, 3.05) is 19.7 Å². The third-order valence-corrected chi connectivity index (χ3v) is 3.44. The van der Waals surface area contributed by atoms with Gasteiger partial charge in [-0.3, -0.25) is 0 Å². The van der Waals surface area contributed by atoms with Crippen molar-refractivity contribution < 1.29 is 19.3 Å². The predicted molar refractivity (Wildman–Crippen MR) is 71.8 cm³/mol. The van der Waals surface area contributed by atoms with E-state index >= 15 is 0 Å². The maximum Gasteiger partial charge on any atom is 0.164 e. The number of hydrogen-bond acceptors (Lipinski definition) is 7. The van der Waals surface area contributed by atoms with Gasteiger partial charge in [-0.15, -0.1) is 0 Å². The van der Waals surface area contributed by atoms with E-state index in [1.165, 1.54) is 0 Å². The van der Waals surface area contributed by atoms with Crippen LogP contribution in [0.25, 0.3) is 0 Å². The normalized spacial score (nSPS) is 34.2. The summed E-state index contributed by atoms with van der Waals surface area (Å²) in [6, 6.07) is 4.06. The van der Waals surface area contributed by atoms with Gasteiger partial charge in [-0.1, -0.05) is 6.08 Å². The van der Waals surface area contributed by atoms with Gasteiger partial charge >= 0.3 is 0 Å². The highest BCUT2D eigenvalue weighted by Gasteiger charge is 2.55. The summed E-state index contributed by atoms with van der Waals surface area (Å²) in [7, 11) is 0. The van der Waals surface area contributed by atoms with Gasteiger partial charge in [0.1, 0.15) is 24.4 Å². The first kappa shape index (κ1) is 15.9. The molecule has 2 aliphatic heterocycles. The Bertz CT molecular complexity index is 491. The second-order valence-electron chi connectivity index (χ2n) is 5.40. The topological polar surface area (TPSA) is 108 Å². The summed E-state index contributed by atoms with van der Waals surface area (Å²) in [5.41, 5.74) is 0.410. The van der Waals surface area contributed by atoms with Gasteiger partial charge in [-0.05, 0) is 13.8 Å². The third-order valence-electron chi connectivity index (χ3n) is 3.44. The number of nitriles is 2. The molecule has 0 radical (unpaired) electrons. The smallest absolute Gasteiger partial charge is 0.164 e. The molecule has 2 N–H and O–H groups in total. The van der Waals surface area contributed by atoms with Crippen molar-refractivity contribution in [1.29, 1.82) is 10.5 Å². The van der Waals surface area contributed by atoms with E-state index in [0.29, 0.717) is 12.1 Å². The van der Waals surface area contributed by atoms with Crippen molar-refractivity contribution in [2.45, 2.75) is 44.1 Å². The molecule has 7 heteroatoms. The number of hydrogen-bond donors (Lipinski definition) is 2. The van der Waals surface area contributed by atoms with Crippen LogP contribution < -0.4 is 5.32 Å². The number of nitrogens with one attached hydrogen (secondary N) is 1. The summed E-state index contributed by atoms with van der Waals surface area (Å²) in [5, 5.41) is 30.0. The molecule has 2 rings (SSSR count). The molecule has 0 aromatic rings. The summed E-state index contributed by atoms with van der Waals surface area (Å²) in [4.78, 5) is 0. The fourth-order valence-electron chi connectivity index (χ4n) is 2.61. The summed E-state index contributed by atoms with van der Waals surface area (Å²) in [6.07, 6.45) is -0.209. The lowest BCUT2D eigenvalue weighted by atomic mass is 10.0. The summed E-state index contributed by atoms with van der Waals surface area (Å²) < 4.78 is 17.2. The molecule has 2 aliphatic rings. The molecule has 1 unspecified atom stereocenters. The molecule has 0 aromatic carbocycles. The molecule has 7 nitrogen and oxygen atoms in total. The minimum Gasteiger partial charge on any atom is -0.394 e. The molecule has 0 amide bonds. The molecule has 2 heterocycles. The number of aliphatic hydroxyl groups is 1. The van der Waals surface area contributed by atoms with Gasteiger partial charge in [-0.2, -0.15) is 10.5 Å². The Balaban J connectivity index is 2.11. The lowest BCUT2D eigenvalue weighted by molar-refractivity contribution is -0.185. The van der Waals surface area contributed by atoms with Crippen LogP contribution >= 0.6 is 0 Å². The second kappa shape index (κ2) is 6.52. The number of nitrogens with zero attached hydrogens (tertiary/aromatic N) is 2. The number of aliphatic hydroxyl groups excluding tert-OH is 1. The first-order valence-corrected chi connectivity index (χ1v) is 6.82. The minimum atomic E-state index is -0.760. The van der Waals surface area contributed by atoms with Gasteiger partial charge in [0, 0.05) is 6.54 Å². The molecule has 4 atom stereocenters. The van der Waals surface area contributed by atoms with E-state index in [-0.39, 0.29) is 19.3 Å². The Morgan fingerprint density at radius 2 is 2.05 bits per heavy atom. The number of fused-ring (bicyclic) bond motifs is 1. The van der Waals surface area contributed by atoms with Gasteiger partial charge in [0.25, 0.3) is 0 Å². The molecule has 21 heavy (non-hydrogen) atoms. The predicted octanol–water partition coefficient (Wildman–Crippen LogP) is -0.171. The van der Waals surface area contributed by atoms with E-state index < -0.39 is 24.1 Å². The third kappa shape index (κ3) is 3.41. The SMILES string of the molecule is CC1(C)O[C@@H]2[C@@H](CO)OC(C(C#N)=CCNCC#N)[C@@H]2O1. The summed E-state index contributed by atoms with van der Waals surface area (Å²) in [6.45, 7) is 3.99. The summed E-state index contributed by atoms with van der Waals surface area (Å²) >= 11 is 0. The molecule has 114 valence electrons. The van der Waals surface area contributed by atoms with Crippen molar-refractivity contribution in [3.63, 3.8) is 0 Å². The van der Waals surface area contributed by atoms with Crippen molar-refractivity contribution in [1.82, 2.24) is 5.32 Å². The average Bonchev–Trinajstić information content (AvgIpc) is 2.92. The van der Waals surface area contributed by atoms with Crippen LogP contribution in [0.5, 0.6) is 0 Å².